The van der Waals surface area contributed by atoms with Crippen LogP contribution in [0.5, 0.6) is 11.5 Å². The molecule has 188 valence electrons. The Kier molecular flexibility index (Phi) is 7.86. The molecule has 9 heteroatoms. The molecule has 1 aliphatic rings. The monoisotopic (exact) mass is 489 g/mol. The Morgan fingerprint density at radius 1 is 1.11 bits per heavy atom. The van der Waals surface area contributed by atoms with Gasteiger partial charge in [0.1, 0.15) is 5.69 Å². The molecule has 0 saturated carbocycles. The third kappa shape index (κ3) is 5.50. The number of amides is 1. The molecular weight excluding hydrogens is 458 g/mol. The number of morpholine rings is 1. The number of anilines is 1. The summed E-state index contributed by atoms with van der Waals surface area (Å²) in [6.45, 7) is 5.56. The van der Waals surface area contributed by atoms with Gasteiger partial charge in [-0.15, -0.1) is 0 Å². The molecule has 1 saturated heterocycles. The normalized spacial score (nSPS) is 18.4. The van der Waals surface area contributed by atoms with E-state index in [9.17, 15) is 10.1 Å². The number of fused-ring (bicyclic) bond motifs is 1. The van der Waals surface area contributed by atoms with Crippen LogP contribution in [0.15, 0.2) is 42.5 Å². The molecule has 1 aliphatic heterocycles. The van der Waals surface area contributed by atoms with Crippen LogP contribution < -0.4 is 19.7 Å². The molecule has 0 radical (unpaired) electrons. The van der Waals surface area contributed by atoms with Crippen molar-refractivity contribution < 1.29 is 19.0 Å². The predicted octanol–water partition coefficient (Wildman–Crippen LogP) is 3.23. The van der Waals surface area contributed by atoms with Crippen LogP contribution >= 0.6 is 0 Å². The summed E-state index contributed by atoms with van der Waals surface area (Å²) in [4.78, 5) is 24.8. The number of nitriles is 1. The van der Waals surface area contributed by atoms with E-state index in [0.29, 0.717) is 60.1 Å². The van der Waals surface area contributed by atoms with E-state index in [4.69, 9.17) is 24.2 Å². The van der Waals surface area contributed by atoms with Gasteiger partial charge in [-0.3, -0.25) is 4.79 Å². The van der Waals surface area contributed by atoms with Crippen molar-refractivity contribution in [2.24, 2.45) is 0 Å². The van der Waals surface area contributed by atoms with Crippen LogP contribution in [-0.4, -0.2) is 61.9 Å². The quantitative estimate of drug-likeness (QED) is 0.514. The molecule has 0 bridgehead atoms. The molecule has 0 unspecified atom stereocenters. The number of ether oxygens (including phenoxy) is 3. The topological polar surface area (TPSA) is 110 Å². The molecule has 3 aromatic rings. The average molecular weight is 490 g/mol. The summed E-state index contributed by atoms with van der Waals surface area (Å²) in [6, 6.07) is 15.3. The van der Waals surface area contributed by atoms with Crippen molar-refractivity contribution in [3.63, 3.8) is 0 Å². The second-order valence-electron chi connectivity index (χ2n) is 8.88. The Bertz CT molecular complexity index is 1260. The molecule has 0 aliphatic carbocycles. The molecule has 2 aromatic carbocycles. The maximum absolute atomic E-state index is 13.2. The lowest BCUT2D eigenvalue weighted by atomic mass is 10.0. The molecular formula is C27H31N5O4. The minimum absolute atomic E-state index is 0.00859. The van der Waals surface area contributed by atoms with Gasteiger partial charge in [0.15, 0.2) is 23.2 Å². The number of rotatable bonds is 8. The third-order valence-electron chi connectivity index (χ3n) is 6.12. The maximum atomic E-state index is 13.2. The second-order valence-corrected chi connectivity index (χ2v) is 8.88. The fourth-order valence-corrected chi connectivity index (χ4v) is 4.49. The first-order valence-corrected chi connectivity index (χ1v) is 12.0. The smallest absolute Gasteiger partial charge is 0.243 e. The maximum Gasteiger partial charge on any atom is 0.243 e. The lowest BCUT2D eigenvalue weighted by Crippen LogP contribution is -2.46. The van der Waals surface area contributed by atoms with E-state index >= 15 is 0 Å². The number of nitrogens with one attached hydrogen (secondary N) is 1. The number of benzene rings is 2. The number of carbonyl (C=O) groups excluding carboxylic acids is 1. The van der Waals surface area contributed by atoms with Gasteiger partial charge in [0, 0.05) is 19.6 Å². The highest BCUT2D eigenvalue weighted by Gasteiger charge is 2.31. The van der Waals surface area contributed by atoms with E-state index in [1.165, 1.54) is 0 Å². The van der Waals surface area contributed by atoms with Gasteiger partial charge in [0.05, 0.1) is 43.5 Å². The van der Waals surface area contributed by atoms with Gasteiger partial charge in [-0.05, 0) is 50.1 Å². The van der Waals surface area contributed by atoms with E-state index in [0.717, 1.165) is 5.56 Å². The summed E-state index contributed by atoms with van der Waals surface area (Å²) in [5.41, 5.74) is 2.70. The van der Waals surface area contributed by atoms with E-state index in [-0.39, 0.29) is 12.2 Å². The van der Waals surface area contributed by atoms with Gasteiger partial charge in [-0.1, -0.05) is 18.2 Å². The zero-order chi connectivity index (χ0) is 25.7. The fourth-order valence-electron chi connectivity index (χ4n) is 4.49. The Hall–Kier alpha value is -3.90. The third-order valence-corrected chi connectivity index (χ3v) is 6.12. The van der Waals surface area contributed by atoms with Gasteiger partial charge in [-0.2, -0.15) is 5.26 Å². The largest absolute Gasteiger partial charge is 0.493 e. The Balaban J connectivity index is 1.56. The van der Waals surface area contributed by atoms with E-state index in [1.54, 1.807) is 14.2 Å². The average Bonchev–Trinajstić information content (AvgIpc) is 2.88. The molecule has 1 N–H and O–H groups in total. The molecule has 9 nitrogen and oxygen atoms in total. The minimum atomic E-state index is -1.10. The van der Waals surface area contributed by atoms with E-state index in [1.807, 2.05) is 56.3 Å². The van der Waals surface area contributed by atoms with Gasteiger partial charge in [0.2, 0.25) is 5.91 Å². The van der Waals surface area contributed by atoms with Crippen LogP contribution in [0.1, 0.15) is 31.0 Å². The standard InChI is InChI=1S/C27H31N5O4/c1-17-15-32(16-18(2)36-17)26-25(30-21-7-5-6-8-22(21)31-26)20(14-28)27(33)29-12-11-19-9-10-23(34-3)24(13-19)35-4/h5-10,13,17-18,20H,11-12,15-16H2,1-4H3,(H,29,33)/t17-,18+,20-/m0/s1. The first kappa shape index (κ1) is 25.2. The van der Waals surface area contributed by atoms with Crippen molar-refractivity contribution in [1.82, 2.24) is 15.3 Å². The summed E-state index contributed by atoms with van der Waals surface area (Å²) in [7, 11) is 3.17. The van der Waals surface area contributed by atoms with Gasteiger partial charge in [-0.25, -0.2) is 9.97 Å². The van der Waals surface area contributed by atoms with Crippen LogP contribution in [0.3, 0.4) is 0 Å². The molecule has 0 spiro atoms. The Morgan fingerprint density at radius 3 is 2.42 bits per heavy atom. The van der Waals surface area contributed by atoms with Crippen LogP contribution in [0.2, 0.25) is 0 Å². The molecule has 1 amide bonds. The zero-order valence-electron chi connectivity index (χ0n) is 21.0. The van der Waals surface area contributed by atoms with E-state index in [2.05, 4.69) is 16.3 Å². The Morgan fingerprint density at radius 2 is 1.78 bits per heavy atom. The van der Waals surface area contributed by atoms with Gasteiger partial charge < -0.3 is 24.4 Å². The molecule has 4 rings (SSSR count). The van der Waals surface area contributed by atoms with Gasteiger partial charge >= 0.3 is 0 Å². The number of hydrogen-bond donors (Lipinski definition) is 1. The minimum Gasteiger partial charge on any atom is -0.493 e. The van der Waals surface area contributed by atoms with E-state index < -0.39 is 11.8 Å². The predicted molar refractivity (Wildman–Crippen MR) is 136 cm³/mol. The van der Waals surface area contributed by atoms with Crippen molar-refractivity contribution in [1.29, 1.82) is 5.26 Å². The summed E-state index contributed by atoms with van der Waals surface area (Å²) >= 11 is 0. The summed E-state index contributed by atoms with van der Waals surface area (Å²) in [5, 5.41) is 12.9. The van der Waals surface area contributed by atoms with Crippen molar-refractivity contribution >= 4 is 22.8 Å². The second kappa shape index (κ2) is 11.2. The van der Waals surface area contributed by atoms with Crippen LogP contribution in [0, 0.1) is 11.3 Å². The van der Waals surface area contributed by atoms with Gasteiger partial charge in [0.25, 0.3) is 0 Å². The van der Waals surface area contributed by atoms with Crippen molar-refractivity contribution in [3.8, 4) is 17.6 Å². The highest BCUT2D eigenvalue weighted by molar-refractivity contribution is 5.88. The summed E-state index contributed by atoms with van der Waals surface area (Å²) in [5.74, 6) is 0.316. The molecule has 36 heavy (non-hydrogen) atoms. The highest BCUT2D eigenvalue weighted by Crippen LogP contribution is 2.30. The number of aromatic nitrogens is 2. The molecule has 2 heterocycles. The summed E-state index contributed by atoms with van der Waals surface area (Å²) < 4.78 is 16.5. The fraction of sp³-hybridized carbons (Fsp3) is 0.407. The molecule has 1 aromatic heterocycles. The van der Waals surface area contributed by atoms with Crippen LogP contribution in [-0.2, 0) is 16.0 Å². The lowest BCUT2D eigenvalue weighted by molar-refractivity contribution is -0.121. The highest BCUT2D eigenvalue weighted by atomic mass is 16.5. The van der Waals surface area contributed by atoms with Crippen molar-refractivity contribution in [2.75, 3.05) is 38.8 Å². The number of hydrogen-bond acceptors (Lipinski definition) is 8. The van der Waals surface area contributed by atoms with Crippen LogP contribution in [0.25, 0.3) is 11.0 Å². The van der Waals surface area contributed by atoms with Crippen molar-refractivity contribution in [2.45, 2.75) is 38.4 Å². The number of methoxy groups -OCH3 is 2. The number of para-hydroxylation sites is 2. The molecule has 3 atom stereocenters. The first-order valence-electron chi connectivity index (χ1n) is 12.0. The van der Waals surface area contributed by atoms with Crippen LogP contribution in [0.4, 0.5) is 5.82 Å². The first-order chi connectivity index (χ1) is 17.4. The SMILES string of the molecule is COc1ccc(CCNC(=O)[C@@H](C#N)c2nc3ccccc3nc2N2C[C@@H](C)O[C@@H](C)C2)cc1OC. The lowest BCUT2D eigenvalue weighted by Gasteiger charge is -2.37. The summed E-state index contributed by atoms with van der Waals surface area (Å²) in [6.07, 6.45) is 0.551. The van der Waals surface area contributed by atoms with Crippen molar-refractivity contribution in [3.05, 3.63) is 53.7 Å². The number of carbonyl (C=O) groups is 1. The molecule has 1 fully saturated rings. The Labute approximate surface area is 211 Å². The number of nitrogens with zero attached hydrogens (tertiary/aromatic N) is 4. The zero-order valence-corrected chi connectivity index (χ0v) is 21.0.